The largest absolute Gasteiger partial charge is 0.443 e. The molecule has 4 N–H and O–H groups in total. The molecule has 0 aromatic carbocycles. The van der Waals surface area contributed by atoms with Crippen molar-refractivity contribution in [3.63, 3.8) is 0 Å². The Hall–Kier alpha value is -0.910. The van der Waals surface area contributed by atoms with E-state index in [1.165, 1.54) is 11.8 Å². The predicted molar refractivity (Wildman–Crippen MR) is 42.6 cm³/mol. The van der Waals surface area contributed by atoms with Crippen LogP contribution in [0.15, 0.2) is 0 Å². The Bertz CT molecular complexity index is 185. The van der Waals surface area contributed by atoms with Crippen molar-refractivity contribution in [1.82, 2.24) is 5.32 Å². The molecule has 1 atom stereocenters. The molecule has 0 bridgehead atoms. The van der Waals surface area contributed by atoms with Crippen LogP contribution in [0.5, 0.6) is 0 Å². The van der Waals surface area contributed by atoms with Crippen molar-refractivity contribution in [2.24, 2.45) is 5.73 Å². The number of thioether (sulfide) groups is 1. The first-order chi connectivity index (χ1) is 5.18. The van der Waals surface area contributed by atoms with E-state index in [-0.39, 0.29) is 17.4 Å². The maximum atomic E-state index is 10.5. The maximum absolute atomic E-state index is 10.5. The summed E-state index contributed by atoms with van der Waals surface area (Å²) >= 11 is 1.17. The molecule has 0 spiro atoms. The van der Waals surface area contributed by atoms with E-state index in [4.69, 9.17) is 15.9 Å². The van der Waals surface area contributed by atoms with Crippen LogP contribution >= 0.6 is 11.8 Å². The van der Waals surface area contributed by atoms with Crippen molar-refractivity contribution < 1.29 is 9.53 Å². The van der Waals surface area contributed by atoms with Gasteiger partial charge >= 0.3 is 6.09 Å². The zero-order valence-electron chi connectivity index (χ0n) is 5.79. The predicted octanol–water partition coefficient (Wildman–Crippen LogP) is -0.279. The standard InChI is InChI=1S/C5H9N3O2S/c6-4(7)11-2-3-1-8-5(9)10-3/h3H,1-2H2,(H3,6,7)(H,8,9). The molecule has 1 saturated heterocycles. The highest BCUT2D eigenvalue weighted by Crippen LogP contribution is 2.07. The SMILES string of the molecule is N=C(N)SCC1CNC(=O)O1. The van der Waals surface area contributed by atoms with Crippen molar-refractivity contribution >= 4 is 23.0 Å². The monoisotopic (exact) mass is 175 g/mol. The molecule has 1 aliphatic rings. The fourth-order valence-electron chi connectivity index (χ4n) is 0.708. The fraction of sp³-hybridized carbons (Fsp3) is 0.600. The number of cyclic esters (lactones) is 1. The van der Waals surface area contributed by atoms with Crippen LogP contribution in [0, 0.1) is 5.41 Å². The van der Waals surface area contributed by atoms with E-state index >= 15 is 0 Å². The molecule has 62 valence electrons. The molecular weight excluding hydrogens is 166 g/mol. The summed E-state index contributed by atoms with van der Waals surface area (Å²) in [6.45, 7) is 0.513. The lowest BCUT2D eigenvalue weighted by Gasteiger charge is -2.04. The highest BCUT2D eigenvalue weighted by atomic mass is 32.2. The molecule has 0 radical (unpaired) electrons. The van der Waals surface area contributed by atoms with E-state index in [1.807, 2.05) is 0 Å². The minimum absolute atomic E-state index is 0.0490. The van der Waals surface area contributed by atoms with Gasteiger partial charge in [-0.25, -0.2) is 4.79 Å². The molecule has 1 aliphatic heterocycles. The molecule has 0 aromatic heterocycles. The molecule has 0 aliphatic carbocycles. The summed E-state index contributed by atoms with van der Waals surface area (Å²) in [5.74, 6) is 0.550. The number of alkyl carbamates (subject to hydrolysis) is 1. The zero-order chi connectivity index (χ0) is 8.27. The number of amides is 1. The zero-order valence-corrected chi connectivity index (χ0v) is 6.61. The smallest absolute Gasteiger partial charge is 0.407 e. The summed E-state index contributed by atoms with van der Waals surface area (Å²) < 4.78 is 4.79. The second-order valence-electron chi connectivity index (χ2n) is 2.08. The van der Waals surface area contributed by atoms with Gasteiger partial charge in [0.05, 0.1) is 6.54 Å². The Morgan fingerprint density at radius 2 is 2.73 bits per heavy atom. The third kappa shape index (κ3) is 2.67. The van der Waals surface area contributed by atoms with Crippen LogP contribution < -0.4 is 11.1 Å². The molecule has 5 nitrogen and oxygen atoms in total. The van der Waals surface area contributed by atoms with Crippen molar-refractivity contribution in [3.05, 3.63) is 0 Å². The van der Waals surface area contributed by atoms with Gasteiger partial charge in [0.25, 0.3) is 0 Å². The average Bonchev–Trinajstić information content (AvgIpc) is 2.31. The van der Waals surface area contributed by atoms with Crippen LogP contribution in [-0.2, 0) is 4.74 Å². The number of hydrogen-bond acceptors (Lipinski definition) is 4. The minimum atomic E-state index is -0.390. The summed E-state index contributed by atoms with van der Waals surface area (Å²) in [5.41, 5.74) is 5.09. The van der Waals surface area contributed by atoms with Crippen molar-refractivity contribution in [2.75, 3.05) is 12.3 Å². The third-order valence-electron chi connectivity index (χ3n) is 1.17. The fourth-order valence-corrected chi connectivity index (χ4v) is 1.26. The van der Waals surface area contributed by atoms with Gasteiger partial charge in [0.2, 0.25) is 0 Å². The van der Waals surface area contributed by atoms with Crippen molar-refractivity contribution in [3.8, 4) is 0 Å². The first kappa shape index (κ1) is 8.19. The van der Waals surface area contributed by atoms with Crippen LogP contribution in [0.3, 0.4) is 0 Å². The lowest BCUT2D eigenvalue weighted by Crippen LogP contribution is -2.18. The van der Waals surface area contributed by atoms with E-state index in [0.29, 0.717) is 12.3 Å². The van der Waals surface area contributed by atoms with Gasteiger partial charge in [-0.15, -0.1) is 0 Å². The lowest BCUT2D eigenvalue weighted by atomic mass is 10.4. The number of carbonyl (C=O) groups is 1. The Morgan fingerprint density at radius 1 is 2.00 bits per heavy atom. The minimum Gasteiger partial charge on any atom is -0.443 e. The Labute approximate surface area is 68.2 Å². The number of nitrogens with two attached hydrogens (primary N) is 1. The molecule has 1 fully saturated rings. The quantitative estimate of drug-likeness (QED) is 0.398. The van der Waals surface area contributed by atoms with Crippen molar-refractivity contribution in [2.45, 2.75) is 6.10 Å². The van der Waals surface area contributed by atoms with Crippen LogP contribution in [0.2, 0.25) is 0 Å². The Balaban J connectivity index is 2.18. The number of amidine groups is 1. The summed E-state index contributed by atoms with van der Waals surface area (Å²) in [6, 6.07) is 0. The van der Waals surface area contributed by atoms with Crippen LogP contribution in [0.4, 0.5) is 4.79 Å². The highest BCUT2D eigenvalue weighted by Gasteiger charge is 2.22. The first-order valence-corrected chi connectivity index (χ1v) is 4.08. The molecular formula is C5H9N3O2S. The summed E-state index contributed by atoms with van der Waals surface area (Å²) in [7, 11) is 0. The van der Waals surface area contributed by atoms with Gasteiger partial charge in [-0.1, -0.05) is 11.8 Å². The van der Waals surface area contributed by atoms with E-state index in [0.717, 1.165) is 0 Å². The molecule has 1 unspecified atom stereocenters. The average molecular weight is 175 g/mol. The van der Waals surface area contributed by atoms with E-state index in [2.05, 4.69) is 5.32 Å². The van der Waals surface area contributed by atoms with Gasteiger partial charge in [0.1, 0.15) is 6.10 Å². The second-order valence-corrected chi connectivity index (χ2v) is 3.15. The van der Waals surface area contributed by atoms with Gasteiger partial charge in [0, 0.05) is 5.75 Å². The number of nitrogens with one attached hydrogen (secondary N) is 2. The number of ether oxygens (including phenoxy) is 1. The highest BCUT2D eigenvalue weighted by molar-refractivity contribution is 8.13. The Kier molecular flexibility index (Phi) is 2.58. The van der Waals surface area contributed by atoms with Gasteiger partial charge < -0.3 is 15.8 Å². The van der Waals surface area contributed by atoms with E-state index in [1.54, 1.807) is 0 Å². The third-order valence-corrected chi connectivity index (χ3v) is 2.02. The molecule has 1 amide bonds. The van der Waals surface area contributed by atoms with Gasteiger partial charge in [-0.3, -0.25) is 5.41 Å². The number of hydrogen-bond donors (Lipinski definition) is 3. The number of rotatable bonds is 2. The molecule has 0 saturated carbocycles. The van der Waals surface area contributed by atoms with Gasteiger partial charge in [0.15, 0.2) is 5.17 Å². The molecule has 6 heteroatoms. The van der Waals surface area contributed by atoms with Gasteiger partial charge in [-0.2, -0.15) is 0 Å². The van der Waals surface area contributed by atoms with Crippen LogP contribution in [-0.4, -0.2) is 29.7 Å². The van der Waals surface area contributed by atoms with Crippen LogP contribution in [0.25, 0.3) is 0 Å². The van der Waals surface area contributed by atoms with Crippen molar-refractivity contribution in [1.29, 1.82) is 5.41 Å². The summed E-state index contributed by atoms with van der Waals surface area (Å²) in [5, 5.41) is 9.44. The van der Waals surface area contributed by atoms with E-state index < -0.39 is 0 Å². The number of carbonyl (C=O) groups excluding carboxylic acids is 1. The normalized spacial score (nSPS) is 22.5. The molecule has 11 heavy (non-hydrogen) atoms. The summed E-state index contributed by atoms with van der Waals surface area (Å²) in [6.07, 6.45) is -0.532. The summed E-state index contributed by atoms with van der Waals surface area (Å²) in [4.78, 5) is 10.5. The topological polar surface area (TPSA) is 88.2 Å². The van der Waals surface area contributed by atoms with Gasteiger partial charge in [-0.05, 0) is 0 Å². The lowest BCUT2D eigenvalue weighted by molar-refractivity contribution is 0.150. The second kappa shape index (κ2) is 3.47. The Morgan fingerprint density at radius 3 is 3.18 bits per heavy atom. The molecule has 0 aromatic rings. The molecule has 1 rings (SSSR count). The van der Waals surface area contributed by atoms with Crippen LogP contribution in [0.1, 0.15) is 0 Å². The first-order valence-electron chi connectivity index (χ1n) is 3.10. The van der Waals surface area contributed by atoms with E-state index in [9.17, 15) is 4.79 Å². The molecule has 1 heterocycles. The maximum Gasteiger partial charge on any atom is 0.407 e.